The van der Waals surface area contributed by atoms with E-state index in [1.54, 1.807) is 7.11 Å². The van der Waals surface area contributed by atoms with E-state index in [1.165, 1.54) is 22.6 Å². The third-order valence-electron chi connectivity index (χ3n) is 4.12. The van der Waals surface area contributed by atoms with Gasteiger partial charge in [-0.1, -0.05) is 37.3 Å². The van der Waals surface area contributed by atoms with E-state index in [9.17, 15) is 0 Å². The van der Waals surface area contributed by atoms with E-state index < -0.39 is 0 Å². The second-order valence-electron chi connectivity index (χ2n) is 5.59. The van der Waals surface area contributed by atoms with Crippen molar-refractivity contribution in [1.29, 1.82) is 0 Å². The third kappa shape index (κ3) is 3.09. The van der Waals surface area contributed by atoms with E-state index in [2.05, 4.69) is 54.3 Å². The summed E-state index contributed by atoms with van der Waals surface area (Å²) in [5, 5.41) is 0.444. The first-order chi connectivity index (χ1) is 10.8. The molecule has 2 nitrogen and oxygen atoms in total. The molecule has 0 amide bonds. The summed E-state index contributed by atoms with van der Waals surface area (Å²) in [5.74, 6) is 1.00. The monoisotopic (exact) mass is 313 g/mol. The average Bonchev–Trinajstić information content (AvgIpc) is 2.75. The second kappa shape index (κ2) is 7.10. The molecule has 1 aliphatic rings. The normalized spacial score (nSPS) is 17.7. The smallest absolute Gasteiger partial charge is 0.123 e. The molecule has 0 aliphatic carbocycles. The molecule has 0 fully saturated rings. The van der Waals surface area contributed by atoms with Gasteiger partial charge < -0.3 is 9.64 Å². The Labute approximate surface area is 137 Å². The van der Waals surface area contributed by atoms with Crippen LogP contribution in [0.3, 0.4) is 0 Å². The van der Waals surface area contributed by atoms with Crippen molar-refractivity contribution >= 4 is 17.4 Å². The van der Waals surface area contributed by atoms with Gasteiger partial charge in [0, 0.05) is 28.8 Å². The second-order valence-corrected chi connectivity index (χ2v) is 6.84. The van der Waals surface area contributed by atoms with Crippen molar-refractivity contribution in [2.45, 2.75) is 29.9 Å². The molecule has 116 valence electrons. The molecule has 3 heteroatoms. The summed E-state index contributed by atoms with van der Waals surface area (Å²) in [4.78, 5) is 3.90. The molecule has 0 bridgehead atoms. The highest BCUT2D eigenvalue weighted by molar-refractivity contribution is 7.99. The minimum absolute atomic E-state index is 0.444. The predicted molar refractivity (Wildman–Crippen MR) is 95.2 cm³/mol. The highest BCUT2D eigenvalue weighted by Gasteiger charge is 2.24. The van der Waals surface area contributed by atoms with Crippen LogP contribution in [0.5, 0.6) is 5.75 Å². The van der Waals surface area contributed by atoms with Gasteiger partial charge in [-0.05, 0) is 31.0 Å². The molecule has 3 rings (SSSR count). The van der Waals surface area contributed by atoms with Crippen LogP contribution >= 0.6 is 11.8 Å². The number of hydrogen-bond acceptors (Lipinski definition) is 3. The zero-order valence-electron chi connectivity index (χ0n) is 13.3. The lowest BCUT2D eigenvalue weighted by Gasteiger charge is -2.23. The minimum atomic E-state index is 0.444. The van der Waals surface area contributed by atoms with E-state index in [0.717, 1.165) is 25.3 Å². The van der Waals surface area contributed by atoms with Crippen LogP contribution in [0, 0.1) is 0 Å². The van der Waals surface area contributed by atoms with E-state index in [1.807, 2.05) is 17.8 Å². The van der Waals surface area contributed by atoms with Crippen LogP contribution in [0.15, 0.2) is 53.4 Å². The Hall–Kier alpha value is -1.61. The molecule has 1 heterocycles. The number of hydrogen-bond donors (Lipinski definition) is 0. The van der Waals surface area contributed by atoms with Crippen LogP contribution in [0.2, 0.25) is 0 Å². The van der Waals surface area contributed by atoms with Crippen LogP contribution in [0.1, 0.15) is 30.6 Å². The Morgan fingerprint density at radius 3 is 2.73 bits per heavy atom. The Morgan fingerprint density at radius 2 is 1.91 bits per heavy atom. The van der Waals surface area contributed by atoms with Gasteiger partial charge in [-0.25, -0.2) is 0 Å². The zero-order chi connectivity index (χ0) is 15.4. The first-order valence-electron chi connectivity index (χ1n) is 7.97. The maximum atomic E-state index is 5.57. The summed E-state index contributed by atoms with van der Waals surface area (Å²) in [6.45, 7) is 4.47. The molecule has 0 spiro atoms. The maximum absolute atomic E-state index is 5.57. The van der Waals surface area contributed by atoms with Crippen LogP contribution in [-0.4, -0.2) is 20.2 Å². The number of rotatable bonds is 4. The van der Waals surface area contributed by atoms with E-state index in [-0.39, 0.29) is 0 Å². The van der Waals surface area contributed by atoms with Gasteiger partial charge in [-0.2, -0.15) is 0 Å². The lowest BCUT2D eigenvalue weighted by molar-refractivity contribution is 0.409. The summed E-state index contributed by atoms with van der Waals surface area (Å²) in [5.41, 5.74) is 2.69. The standard InChI is InChI=1S/C19H23NOS/c1-3-13-20-14-12-18(15-8-4-6-10-17(15)21-2)22-19-11-7-5-9-16(19)20/h4-11,18H,3,12-14H2,1-2H3. The van der Waals surface area contributed by atoms with Gasteiger partial charge in [-0.15, -0.1) is 11.8 Å². The van der Waals surface area contributed by atoms with Gasteiger partial charge in [0.25, 0.3) is 0 Å². The number of para-hydroxylation sites is 2. The van der Waals surface area contributed by atoms with Gasteiger partial charge in [0.2, 0.25) is 0 Å². The molecule has 0 saturated carbocycles. The van der Waals surface area contributed by atoms with E-state index in [0.29, 0.717) is 5.25 Å². The number of thioether (sulfide) groups is 1. The summed E-state index contributed by atoms with van der Waals surface area (Å²) in [6, 6.07) is 17.2. The van der Waals surface area contributed by atoms with Crippen LogP contribution in [0.4, 0.5) is 5.69 Å². The van der Waals surface area contributed by atoms with Gasteiger partial charge in [0.05, 0.1) is 12.8 Å². The Morgan fingerprint density at radius 1 is 1.14 bits per heavy atom. The van der Waals surface area contributed by atoms with Gasteiger partial charge >= 0.3 is 0 Å². The van der Waals surface area contributed by atoms with E-state index in [4.69, 9.17) is 4.74 Å². The molecule has 1 atom stereocenters. The highest BCUT2D eigenvalue weighted by atomic mass is 32.2. The van der Waals surface area contributed by atoms with Crippen molar-refractivity contribution in [3.63, 3.8) is 0 Å². The molecular weight excluding hydrogens is 290 g/mol. The van der Waals surface area contributed by atoms with Crippen molar-refractivity contribution in [3.05, 3.63) is 54.1 Å². The van der Waals surface area contributed by atoms with Crippen LogP contribution in [-0.2, 0) is 0 Å². The number of benzene rings is 2. The predicted octanol–water partition coefficient (Wildman–Crippen LogP) is 5.15. The molecule has 22 heavy (non-hydrogen) atoms. The Kier molecular flexibility index (Phi) is 4.94. The number of nitrogens with zero attached hydrogens (tertiary/aromatic N) is 1. The topological polar surface area (TPSA) is 12.5 Å². The first kappa shape index (κ1) is 15.3. The Bertz CT molecular complexity index is 628. The van der Waals surface area contributed by atoms with Crippen molar-refractivity contribution in [1.82, 2.24) is 0 Å². The quantitative estimate of drug-likeness (QED) is 0.774. The SMILES string of the molecule is CCCN1CCC(c2ccccc2OC)Sc2ccccc21. The van der Waals surface area contributed by atoms with Gasteiger partial charge in [0.15, 0.2) is 0 Å². The lowest BCUT2D eigenvalue weighted by Crippen LogP contribution is -2.25. The van der Waals surface area contributed by atoms with Crippen molar-refractivity contribution in [2.75, 3.05) is 25.1 Å². The summed E-state index contributed by atoms with van der Waals surface area (Å²) >= 11 is 1.97. The minimum Gasteiger partial charge on any atom is -0.496 e. The van der Waals surface area contributed by atoms with Gasteiger partial charge in [0.1, 0.15) is 5.75 Å². The summed E-state index contributed by atoms with van der Waals surface area (Å²) in [6.07, 6.45) is 2.32. The van der Waals surface area contributed by atoms with Crippen molar-refractivity contribution in [2.24, 2.45) is 0 Å². The highest BCUT2D eigenvalue weighted by Crippen LogP contribution is 2.47. The molecule has 0 N–H and O–H groups in total. The van der Waals surface area contributed by atoms with E-state index >= 15 is 0 Å². The summed E-state index contributed by atoms with van der Waals surface area (Å²) in [7, 11) is 1.76. The molecule has 0 saturated heterocycles. The molecule has 1 unspecified atom stereocenters. The molecule has 1 aliphatic heterocycles. The lowest BCUT2D eigenvalue weighted by atomic mass is 10.1. The zero-order valence-corrected chi connectivity index (χ0v) is 14.1. The van der Waals surface area contributed by atoms with Crippen molar-refractivity contribution < 1.29 is 4.74 Å². The fraction of sp³-hybridized carbons (Fsp3) is 0.368. The first-order valence-corrected chi connectivity index (χ1v) is 8.85. The average molecular weight is 313 g/mol. The largest absolute Gasteiger partial charge is 0.496 e. The third-order valence-corrected chi connectivity index (χ3v) is 5.49. The number of anilines is 1. The van der Waals surface area contributed by atoms with Gasteiger partial charge in [-0.3, -0.25) is 0 Å². The van der Waals surface area contributed by atoms with Crippen molar-refractivity contribution in [3.8, 4) is 5.75 Å². The Balaban J connectivity index is 1.94. The molecular formula is C19H23NOS. The molecule has 2 aromatic rings. The number of fused-ring (bicyclic) bond motifs is 1. The molecule has 0 radical (unpaired) electrons. The molecule has 2 aromatic carbocycles. The maximum Gasteiger partial charge on any atom is 0.123 e. The summed E-state index contributed by atoms with van der Waals surface area (Å²) < 4.78 is 5.57. The number of ether oxygens (including phenoxy) is 1. The van der Waals surface area contributed by atoms with Crippen LogP contribution in [0.25, 0.3) is 0 Å². The fourth-order valence-corrected chi connectivity index (χ4v) is 4.40. The number of methoxy groups -OCH3 is 1. The fourth-order valence-electron chi connectivity index (χ4n) is 3.08. The molecule has 0 aromatic heterocycles. The van der Waals surface area contributed by atoms with Crippen LogP contribution < -0.4 is 9.64 Å².